The van der Waals surface area contributed by atoms with E-state index < -0.39 is 5.41 Å². The lowest BCUT2D eigenvalue weighted by atomic mass is 9.32. The fourth-order valence-electron chi connectivity index (χ4n) is 10.2. The van der Waals surface area contributed by atoms with E-state index in [1.807, 2.05) is 0 Å². The number of nitrogens with zero attached hydrogens (tertiary/aromatic N) is 1. The van der Waals surface area contributed by atoms with Gasteiger partial charge >= 0.3 is 0 Å². The summed E-state index contributed by atoms with van der Waals surface area (Å²) in [5.41, 5.74) is 20.9. The van der Waals surface area contributed by atoms with E-state index in [2.05, 4.69) is 187 Å². The summed E-state index contributed by atoms with van der Waals surface area (Å²) < 4.78 is 2.46. The van der Waals surface area contributed by atoms with Crippen LogP contribution in [-0.4, -0.2) is 11.3 Å². The lowest BCUT2D eigenvalue weighted by molar-refractivity contribution is 0.775. The second-order valence-electron chi connectivity index (χ2n) is 14.4. The molecular formula is C49H30BN. The Balaban J connectivity index is 1.21. The van der Waals surface area contributed by atoms with E-state index in [9.17, 15) is 0 Å². The van der Waals surface area contributed by atoms with Gasteiger partial charge < -0.3 is 4.57 Å². The van der Waals surface area contributed by atoms with Crippen LogP contribution in [0.3, 0.4) is 0 Å². The maximum absolute atomic E-state index is 2.48. The molecule has 0 saturated carbocycles. The summed E-state index contributed by atoms with van der Waals surface area (Å²) in [5.74, 6) is 0. The van der Waals surface area contributed by atoms with Crippen molar-refractivity contribution < 1.29 is 0 Å². The maximum atomic E-state index is 2.48. The van der Waals surface area contributed by atoms with E-state index in [0.29, 0.717) is 0 Å². The molecule has 0 bridgehead atoms. The first-order chi connectivity index (χ1) is 25.3. The predicted molar refractivity (Wildman–Crippen MR) is 214 cm³/mol. The first-order valence-corrected chi connectivity index (χ1v) is 18.0. The molecule has 0 radical (unpaired) electrons. The van der Waals surface area contributed by atoms with Crippen LogP contribution in [-0.2, 0) is 5.41 Å². The monoisotopic (exact) mass is 643 g/mol. The van der Waals surface area contributed by atoms with Crippen molar-refractivity contribution in [2.75, 3.05) is 0 Å². The molecule has 1 spiro atoms. The molecule has 0 amide bonds. The molecule has 0 N–H and O–H groups in total. The zero-order chi connectivity index (χ0) is 33.3. The number of hydrogen-bond donors (Lipinski definition) is 0. The highest BCUT2D eigenvalue weighted by molar-refractivity contribution is 7.00. The number of para-hydroxylation sites is 2. The van der Waals surface area contributed by atoms with Gasteiger partial charge in [-0.1, -0.05) is 168 Å². The topological polar surface area (TPSA) is 4.93 Å². The fourth-order valence-corrected chi connectivity index (χ4v) is 10.2. The van der Waals surface area contributed by atoms with Gasteiger partial charge in [-0.25, -0.2) is 0 Å². The molecule has 1 aromatic heterocycles. The average molecular weight is 644 g/mol. The van der Waals surface area contributed by atoms with Crippen LogP contribution in [0.4, 0.5) is 0 Å². The Bertz CT molecular complexity index is 2880. The van der Waals surface area contributed by atoms with E-state index in [-0.39, 0.29) is 6.71 Å². The minimum Gasteiger partial charge on any atom is -0.309 e. The van der Waals surface area contributed by atoms with Gasteiger partial charge in [0.2, 0.25) is 6.71 Å². The van der Waals surface area contributed by atoms with Crippen molar-refractivity contribution in [3.8, 4) is 39.1 Å². The Morgan fingerprint density at radius 2 is 0.980 bits per heavy atom. The van der Waals surface area contributed by atoms with Crippen LogP contribution in [0.15, 0.2) is 182 Å². The van der Waals surface area contributed by atoms with Crippen molar-refractivity contribution >= 4 is 44.9 Å². The molecule has 3 heterocycles. The molecule has 1 atom stereocenters. The Kier molecular flexibility index (Phi) is 5.31. The Hall–Kier alpha value is -6.38. The van der Waals surface area contributed by atoms with Gasteiger partial charge in [-0.3, -0.25) is 0 Å². The van der Waals surface area contributed by atoms with Crippen molar-refractivity contribution in [1.82, 2.24) is 4.57 Å². The first kappa shape index (κ1) is 27.4. The van der Waals surface area contributed by atoms with Gasteiger partial charge in [0, 0.05) is 16.5 Å². The van der Waals surface area contributed by atoms with E-state index in [1.165, 1.54) is 99.5 Å². The summed E-state index contributed by atoms with van der Waals surface area (Å²) in [5, 5.41) is 2.56. The van der Waals surface area contributed by atoms with Crippen molar-refractivity contribution in [1.29, 1.82) is 0 Å². The molecule has 9 aromatic rings. The third-order valence-corrected chi connectivity index (χ3v) is 12.1. The standard InChI is InChI=1S/C49H30BN/c1-2-13-31(14-3-1)32-25-27-40-38(29-32)39-30-33(51-46-23-10-5-16-35(46)36-17-6-11-24-47(36)51)26-28-41(39)49(40)42-19-7-9-22-45(42)50-44-21-8-4-15-34(44)37-18-12-20-43(49)48(37)50/h1-30H. The first-order valence-electron chi connectivity index (χ1n) is 18.0. The third kappa shape index (κ3) is 3.38. The van der Waals surface area contributed by atoms with Crippen LogP contribution >= 0.6 is 0 Å². The van der Waals surface area contributed by atoms with Gasteiger partial charge in [-0.05, 0) is 86.0 Å². The summed E-state index contributed by atoms with van der Waals surface area (Å²) >= 11 is 0. The molecule has 12 rings (SSSR count). The summed E-state index contributed by atoms with van der Waals surface area (Å²) in [6.07, 6.45) is 0. The zero-order valence-corrected chi connectivity index (χ0v) is 27.8. The minimum atomic E-state index is -0.445. The third-order valence-electron chi connectivity index (χ3n) is 12.1. The minimum absolute atomic E-state index is 0.224. The summed E-state index contributed by atoms with van der Waals surface area (Å²) in [4.78, 5) is 0. The van der Waals surface area contributed by atoms with Gasteiger partial charge in [0.15, 0.2) is 0 Å². The van der Waals surface area contributed by atoms with Crippen molar-refractivity contribution in [2.24, 2.45) is 0 Å². The van der Waals surface area contributed by atoms with Gasteiger partial charge in [-0.2, -0.15) is 0 Å². The number of benzene rings is 8. The molecule has 1 aliphatic carbocycles. The average Bonchev–Trinajstić information content (AvgIpc) is 3.82. The number of fused-ring (bicyclic) bond motifs is 15. The van der Waals surface area contributed by atoms with Crippen LogP contribution < -0.4 is 16.4 Å². The second-order valence-corrected chi connectivity index (χ2v) is 14.4. The smallest absolute Gasteiger partial charge is 0.243 e. The van der Waals surface area contributed by atoms with Crippen LogP contribution in [0.5, 0.6) is 0 Å². The molecule has 8 aromatic carbocycles. The van der Waals surface area contributed by atoms with Crippen LogP contribution in [0.25, 0.3) is 60.9 Å². The van der Waals surface area contributed by atoms with Crippen molar-refractivity contribution in [3.05, 3.63) is 204 Å². The van der Waals surface area contributed by atoms with E-state index in [1.54, 1.807) is 0 Å². The van der Waals surface area contributed by atoms with Crippen LogP contribution in [0.2, 0.25) is 0 Å². The molecule has 2 aliphatic heterocycles. The largest absolute Gasteiger partial charge is 0.309 e. The molecule has 2 heteroatoms. The van der Waals surface area contributed by atoms with Gasteiger partial charge in [0.05, 0.1) is 16.4 Å². The van der Waals surface area contributed by atoms with Crippen LogP contribution in [0.1, 0.15) is 22.3 Å². The SMILES string of the molecule is c1ccc(-c2ccc3c(c2)-c2cc(-n4c5ccccc5c5ccccc54)ccc2C32c3ccccc3B3c4ccccc4-c4cccc2c43)cc1. The Labute approximate surface area is 297 Å². The lowest BCUT2D eigenvalue weighted by Gasteiger charge is -2.42. The molecule has 0 fully saturated rings. The molecule has 234 valence electrons. The number of hydrogen-bond acceptors (Lipinski definition) is 0. The van der Waals surface area contributed by atoms with E-state index >= 15 is 0 Å². The van der Waals surface area contributed by atoms with Gasteiger partial charge in [0.25, 0.3) is 0 Å². The molecular weight excluding hydrogens is 613 g/mol. The van der Waals surface area contributed by atoms with Crippen molar-refractivity contribution in [3.63, 3.8) is 0 Å². The Morgan fingerprint density at radius 1 is 0.373 bits per heavy atom. The Morgan fingerprint density at radius 3 is 1.78 bits per heavy atom. The summed E-state index contributed by atoms with van der Waals surface area (Å²) in [6, 6.07) is 68.4. The molecule has 1 unspecified atom stereocenters. The quantitative estimate of drug-likeness (QED) is 0.165. The summed E-state index contributed by atoms with van der Waals surface area (Å²) in [6.45, 7) is 0.224. The predicted octanol–water partition coefficient (Wildman–Crippen LogP) is 9.62. The normalized spacial score (nSPS) is 15.9. The zero-order valence-electron chi connectivity index (χ0n) is 27.8. The molecule has 3 aliphatic rings. The lowest BCUT2D eigenvalue weighted by Crippen LogP contribution is -2.59. The van der Waals surface area contributed by atoms with Crippen LogP contribution in [0, 0.1) is 0 Å². The highest BCUT2D eigenvalue weighted by Gasteiger charge is 2.54. The fraction of sp³-hybridized carbons (Fsp3) is 0.0204. The number of rotatable bonds is 2. The molecule has 51 heavy (non-hydrogen) atoms. The van der Waals surface area contributed by atoms with Gasteiger partial charge in [0.1, 0.15) is 0 Å². The highest BCUT2D eigenvalue weighted by Crippen LogP contribution is 2.58. The van der Waals surface area contributed by atoms with E-state index in [0.717, 1.165) is 0 Å². The van der Waals surface area contributed by atoms with Crippen molar-refractivity contribution in [2.45, 2.75) is 5.41 Å². The molecule has 0 saturated heterocycles. The maximum Gasteiger partial charge on any atom is 0.243 e. The number of aromatic nitrogens is 1. The summed E-state index contributed by atoms with van der Waals surface area (Å²) in [7, 11) is 0. The van der Waals surface area contributed by atoms with Gasteiger partial charge in [-0.15, -0.1) is 0 Å². The molecule has 1 nitrogen and oxygen atoms in total. The highest BCUT2D eigenvalue weighted by atomic mass is 15.0. The van der Waals surface area contributed by atoms with E-state index in [4.69, 9.17) is 0 Å². The second kappa shape index (κ2) is 9.87.